The van der Waals surface area contributed by atoms with Crippen molar-refractivity contribution >= 4 is 33.7 Å². The molecule has 0 radical (unpaired) electrons. The van der Waals surface area contributed by atoms with E-state index in [1.165, 1.54) is 25.7 Å². The van der Waals surface area contributed by atoms with Crippen LogP contribution in [0, 0.1) is 5.92 Å². The van der Waals surface area contributed by atoms with Gasteiger partial charge in [0.05, 0.1) is 6.54 Å². The number of halogens is 1. The Morgan fingerprint density at radius 3 is 2.30 bits per heavy atom. The molecule has 2 rings (SSSR count). The van der Waals surface area contributed by atoms with E-state index >= 15 is 0 Å². The van der Waals surface area contributed by atoms with Gasteiger partial charge in [-0.3, -0.25) is 14.4 Å². The third kappa shape index (κ3) is 8.56. The maximum absolute atomic E-state index is 11.9. The Kier molecular flexibility index (Phi) is 9.31. The van der Waals surface area contributed by atoms with Gasteiger partial charge in [0.2, 0.25) is 11.8 Å². The molecule has 3 N–H and O–H groups in total. The highest BCUT2D eigenvalue weighted by Gasteiger charge is 2.16. The lowest BCUT2D eigenvalue weighted by molar-refractivity contribution is -0.126. The summed E-state index contributed by atoms with van der Waals surface area (Å²) in [6.07, 6.45) is 7.06. The Labute approximate surface area is 169 Å². The molecule has 0 heterocycles. The average Bonchev–Trinajstić information content (AvgIpc) is 3.18. The Balaban J connectivity index is 1.48. The monoisotopic (exact) mass is 437 g/mol. The van der Waals surface area contributed by atoms with Crippen molar-refractivity contribution in [1.82, 2.24) is 16.0 Å². The first-order chi connectivity index (χ1) is 13.0. The number of hydrogen-bond donors (Lipinski definition) is 3. The van der Waals surface area contributed by atoms with Gasteiger partial charge < -0.3 is 16.0 Å². The van der Waals surface area contributed by atoms with Crippen LogP contribution < -0.4 is 16.0 Å². The van der Waals surface area contributed by atoms with Crippen LogP contribution in [0.2, 0.25) is 0 Å². The molecule has 0 spiro atoms. The molecule has 1 aromatic carbocycles. The third-order valence-electron chi connectivity index (χ3n) is 4.77. The van der Waals surface area contributed by atoms with Gasteiger partial charge in [-0.2, -0.15) is 0 Å². The van der Waals surface area contributed by atoms with E-state index in [0.29, 0.717) is 37.4 Å². The molecule has 7 heteroatoms. The zero-order chi connectivity index (χ0) is 19.5. The SMILES string of the molecule is O=C(CCC1CCCC1)NCC(=O)NCCCNC(=O)c1ccc(Br)cc1. The molecule has 148 valence electrons. The van der Waals surface area contributed by atoms with Crippen LogP contribution in [-0.2, 0) is 9.59 Å². The van der Waals surface area contributed by atoms with Crippen molar-refractivity contribution in [1.29, 1.82) is 0 Å². The molecule has 0 bridgehead atoms. The van der Waals surface area contributed by atoms with Gasteiger partial charge in [-0.05, 0) is 43.0 Å². The predicted octanol–water partition coefficient (Wildman–Crippen LogP) is 2.77. The van der Waals surface area contributed by atoms with Crippen LogP contribution >= 0.6 is 15.9 Å². The third-order valence-corrected chi connectivity index (χ3v) is 5.30. The first kappa shape index (κ1) is 21.4. The molecule has 0 aromatic heterocycles. The molecule has 0 unspecified atom stereocenters. The second-order valence-corrected chi connectivity index (χ2v) is 7.85. The van der Waals surface area contributed by atoms with Gasteiger partial charge in [0.15, 0.2) is 0 Å². The van der Waals surface area contributed by atoms with Gasteiger partial charge >= 0.3 is 0 Å². The zero-order valence-electron chi connectivity index (χ0n) is 15.6. The summed E-state index contributed by atoms with van der Waals surface area (Å²) in [4.78, 5) is 35.4. The summed E-state index contributed by atoms with van der Waals surface area (Å²) in [6, 6.07) is 7.13. The van der Waals surface area contributed by atoms with E-state index in [1.807, 2.05) is 12.1 Å². The molecule has 6 nitrogen and oxygen atoms in total. The molecule has 0 saturated heterocycles. The van der Waals surface area contributed by atoms with E-state index in [1.54, 1.807) is 12.1 Å². The van der Waals surface area contributed by atoms with E-state index in [9.17, 15) is 14.4 Å². The van der Waals surface area contributed by atoms with E-state index in [4.69, 9.17) is 0 Å². The second kappa shape index (κ2) is 11.7. The minimum Gasteiger partial charge on any atom is -0.355 e. The van der Waals surface area contributed by atoms with Crippen LogP contribution in [-0.4, -0.2) is 37.4 Å². The quantitative estimate of drug-likeness (QED) is 0.491. The lowest BCUT2D eigenvalue weighted by Crippen LogP contribution is -2.38. The summed E-state index contributed by atoms with van der Waals surface area (Å²) >= 11 is 3.33. The maximum Gasteiger partial charge on any atom is 0.251 e. The van der Waals surface area contributed by atoms with E-state index < -0.39 is 0 Å². The van der Waals surface area contributed by atoms with E-state index in [0.717, 1.165) is 10.9 Å². The van der Waals surface area contributed by atoms with Crippen LogP contribution in [0.3, 0.4) is 0 Å². The number of amides is 3. The molecule has 0 atom stereocenters. The number of carbonyl (C=O) groups excluding carboxylic acids is 3. The molecular formula is C20H28BrN3O3. The Morgan fingerprint density at radius 2 is 1.59 bits per heavy atom. The first-order valence-electron chi connectivity index (χ1n) is 9.62. The Morgan fingerprint density at radius 1 is 0.926 bits per heavy atom. The van der Waals surface area contributed by atoms with E-state index in [2.05, 4.69) is 31.9 Å². The van der Waals surface area contributed by atoms with Crippen molar-refractivity contribution in [2.75, 3.05) is 19.6 Å². The second-order valence-electron chi connectivity index (χ2n) is 6.93. The van der Waals surface area contributed by atoms with Gasteiger partial charge in [-0.25, -0.2) is 0 Å². The fourth-order valence-corrected chi connectivity index (χ4v) is 3.45. The number of hydrogen-bond acceptors (Lipinski definition) is 3. The minimum atomic E-state index is -0.205. The first-order valence-corrected chi connectivity index (χ1v) is 10.4. The smallest absolute Gasteiger partial charge is 0.251 e. The van der Waals surface area contributed by atoms with Crippen LogP contribution in [0.1, 0.15) is 55.3 Å². The fraction of sp³-hybridized carbons (Fsp3) is 0.550. The highest BCUT2D eigenvalue weighted by atomic mass is 79.9. The lowest BCUT2D eigenvalue weighted by Gasteiger charge is -2.10. The summed E-state index contributed by atoms with van der Waals surface area (Å²) in [6.45, 7) is 0.940. The zero-order valence-corrected chi connectivity index (χ0v) is 17.1. The van der Waals surface area contributed by atoms with Gasteiger partial charge in [0.1, 0.15) is 0 Å². The standard InChI is InChI=1S/C20H28BrN3O3/c21-17-9-7-16(8-10-17)20(27)23-13-3-12-22-19(26)14-24-18(25)11-6-15-4-1-2-5-15/h7-10,15H,1-6,11-14H2,(H,22,26)(H,23,27)(H,24,25). The maximum atomic E-state index is 11.9. The summed E-state index contributed by atoms with van der Waals surface area (Å²) in [5.41, 5.74) is 0.600. The van der Waals surface area contributed by atoms with Crippen molar-refractivity contribution < 1.29 is 14.4 Å². The number of rotatable bonds is 10. The van der Waals surface area contributed by atoms with Crippen molar-refractivity contribution in [3.8, 4) is 0 Å². The molecular weight excluding hydrogens is 410 g/mol. The van der Waals surface area contributed by atoms with Crippen LogP contribution in [0.5, 0.6) is 0 Å². The lowest BCUT2D eigenvalue weighted by atomic mass is 10.0. The average molecular weight is 438 g/mol. The molecule has 1 aliphatic carbocycles. The number of carbonyl (C=O) groups is 3. The number of nitrogens with one attached hydrogen (secondary N) is 3. The van der Waals surface area contributed by atoms with Crippen molar-refractivity contribution in [3.05, 3.63) is 34.3 Å². The summed E-state index contributed by atoms with van der Waals surface area (Å²) in [5, 5.41) is 8.22. The van der Waals surface area contributed by atoms with Crippen molar-refractivity contribution in [3.63, 3.8) is 0 Å². The Hall–Kier alpha value is -1.89. The Bertz CT molecular complexity index is 628. The van der Waals surface area contributed by atoms with Crippen molar-refractivity contribution in [2.45, 2.75) is 44.9 Å². The van der Waals surface area contributed by atoms with Gasteiger partial charge in [-0.1, -0.05) is 41.6 Å². The normalized spacial score (nSPS) is 14.0. The minimum absolute atomic E-state index is 0.00868. The van der Waals surface area contributed by atoms with E-state index in [-0.39, 0.29) is 24.3 Å². The molecule has 1 aliphatic rings. The summed E-state index contributed by atoms with van der Waals surface area (Å²) in [7, 11) is 0. The fourth-order valence-electron chi connectivity index (χ4n) is 3.19. The highest BCUT2D eigenvalue weighted by molar-refractivity contribution is 9.10. The largest absolute Gasteiger partial charge is 0.355 e. The summed E-state index contributed by atoms with van der Waals surface area (Å²) in [5.74, 6) is 0.280. The van der Waals surface area contributed by atoms with Crippen LogP contribution in [0.25, 0.3) is 0 Å². The van der Waals surface area contributed by atoms with Crippen molar-refractivity contribution in [2.24, 2.45) is 5.92 Å². The van der Waals surface area contributed by atoms with Crippen LogP contribution in [0.4, 0.5) is 0 Å². The molecule has 0 aliphatic heterocycles. The highest BCUT2D eigenvalue weighted by Crippen LogP contribution is 2.28. The molecule has 1 aromatic rings. The molecule has 27 heavy (non-hydrogen) atoms. The summed E-state index contributed by atoms with van der Waals surface area (Å²) < 4.78 is 0.924. The predicted molar refractivity (Wildman–Crippen MR) is 108 cm³/mol. The molecule has 1 fully saturated rings. The van der Waals surface area contributed by atoms with Crippen LogP contribution in [0.15, 0.2) is 28.7 Å². The number of benzene rings is 1. The molecule has 3 amide bonds. The van der Waals surface area contributed by atoms with Gasteiger partial charge in [0, 0.05) is 29.5 Å². The van der Waals surface area contributed by atoms with Gasteiger partial charge in [-0.15, -0.1) is 0 Å². The van der Waals surface area contributed by atoms with Gasteiger partial charge in [0.25, 0.3) is 5.91 Å². The molecule has 1 saturated carbocycles. The topological polar surface area (TPSA) is 87.3 Å².